The van der Waals surface area contributed by atoms with E-state index in [0.717, 1.165) is 0 Å². The van der Waals surface area contributed by atoms with Crippen LogP contribution < -0.4 is 11.1 Å². The third kappa shape index (κ3) is 1.91. The first-order valence-electron chi connectivity index (χ1n) is 4.38. The smallest absolute Gasteiger partial charge is 0.241 e. The normalized spacial score (nSPS) is 23.9. The lowest BCUT2D eigenvalue weighted by molar-refractivity contribution is -0.128. The highest BCUT2D eigenvalue weighted by atomic mass is 35.5. The molecule has 0 spiro atoms. The Kier molecular flexibility index (Phi) is 3.57. The van der Waals surface area contributed by atoms with Crippen LogP contribution in [0.2, 0.25) is 0 Å². The molecule has 88 valence electrons. The highest BCUT2D eigenvalue weighted by Gasteiger charge is 2.45. The molecule has 1 fully saturated rings. The summed E-state index contributed by atoms with van der Waals surface area (Å²) in [5.41, 5.74) is 5.40. The number of hydrogen-bond donors (Lipinski definition) is 2. The van der Waals surface area contributed by atoms with E-state index in [1.165, 1.54) is 12.1 Å². The molecule has 1 aromatic rings. The Hall–Kier alpha value is -1.11. The van der Waals surface area contributed by atoms with E-state index in [9.17, 15) is 13.2 Å². The van der Waals surface area contributed by atoms with Gasteiger partial charge in [0, 0.05) is 0 Å². The second-order valence-corrected chi connectivity index (χ2v) is 5.38. The Morgan fingerprint density at radius 3 is 2.19 bits per heavy atom. The number of amides is 1. The number of carbonyl (C=O) groups is 1. The molecular formula is C9H11ClN2O3S. The molecular weight excluding hydrogens is 252 g/mol. The third-order valence-corrected chi connectivity index (χ3v) is 4.33. The first kappa shape index (κ1) is 13.0. The number of hydrogen-bond acceptors (Lipinski definition) is 4. The van der Waals surface area contributed by atoms with Crippen molar-refractivity contribution >= 4 is 28.2 Å². The van der Waals surface area contributed by atoms with E-state index in [1.807, 2.05) is 0 Å². The monoisotopic (exact) mass is 262 g/mol. The standard InChI is InChI=1S/C9H10N2O3S.ClH/c10-7-8(12)11-9(7)15(13,14)6-4-2-1-3-5-6;/h1-5,7,9H,10H2,(H,11,12);1H/t7-,9+;/m1./s1. The van der Waals surface area contributed by atoms with Crippen LogP contribution in [0.3, 0.4) is 0 Å². The summed E-state index contributed by atoms with van der Waals surface area (Å²) in [6.07, 6.45) is 0. The van der Waals surface area contributed by atoms with Crippen LogP contribution in [-0.4, -0.2) is 25.7 Å². The Balaban J connectivity index is 0.00000128. The molecule has 0 radical (unpaired) electrons. The minimum atomic E-state index is -3.54. The van der Waals surface area contributed by atoms with E-state index in [-0.39, 0.29) is 17.3 Å². The number of carbonyl (C=O) groups excluding carboxylic acids is 1. The summed E-state index contributed by atoms with van der Waals surface area (Å²) in [7, 11) is -3.54. The van der Waals surface area contributed by atoms with Gasteiger partial charge in [0.1, 0.15) is 6.04 Å². The fourth-order valence-corrected chi connectivity index (χ4v) is 3.01. The van der Waals surface area contributed by atoms with Gasteiger partial charge in [-0.1, -0.05) is 18.2 Å². The first-order chi connectivity index (χ1) is 7.03. The van der Waals surface area contributed by atoms with Gasteiger partial charge in [0.15, 0.2) is 5.37 Å². The fourth-order valence-electron chi connectivity index (χ4n) is 1.39. The SMILES string of the molecule is Cl.N[C@@H]1C(=O)N[C@H]1S(=O)(=O)c1ccccc1. The summed E-state index contributed by atoms with van der Waals surface area (Å²) in [5.74, 6) is -0.431. The number of sulfone groups is 1. The molecule has 0 saturated carbocycles. The van der Waals surface area contributed by atoms with E-state index >= 15 is 0 Å². The van der Waals surface area contributed by atoms with Crippen LogP contribution in [0.1, 0.15) is 0 Å². The van der Waals surface area contributed by atoms with Crippen LogP contribution in [0.5, 0.6) is 0 Å². The van der Waals surface area contributed by atoms with Gasteiger partial charge in [0.05, 0.1) is 4.90 Å². The van der Waals surface area contributed by atoms with Crippen LogP contribution >= 0.6 is 12.4 Å². The molecule has 0 bridgehead atoms. The highest BCUT2D eigenvalue weighted by molar-refractivity contribution is 7.92. The molecule has 0 unspecified atom stereocenters. The molecule has 2 atom stereocenters. The van der Waals surface area contributed by atoms with Crippen LogP contribution in [0.15, 0.2) is 35.2 Å². The van der Waals surface area contributed by atoms with Crippen LogP contribution in [0, 0.1) is 0 Å². The lowest BCUT2D eigenvalue weighted by Gasteiger charge is -2.33. The quantitative estimate of drug-likeness (QED) is 0.714. The summed E-state index contributed by atoms with van der Waals surface area (Å²) >= 11 is 0. The van der Waals surface area contributed by atoms with Crippen molar-refractivity contribution < 1.29 is 13.2 Å². The maximum Gasteiger partial charge on any atom is 0.241 e. The minimum absolute atomic E-state index is 0. The second kappa shape index (κ2) is 4.40. The topological polar surface area (TPSA) is 89.3 Å². The molecule has 1 aromatic carbocycles. The molecule has 0 aliphatic carbocycles. The van der Waals surface area contributed by atoms with E-state index in [0.29, 0.717) is 0 Å². The summed E-state index contributed by atoms with van der Waals surface area (Å²) < 4.78 is 23.8. The lowest BCUT2D eigenvalue weighted by atomic mass is 10.2. The predicted octanol–water partition coefficient (Wildman–Crippen LogP) is -0.335. The highest BCUT2D eigenvalue weighted by Crippen LogP contribution is 2.20. The summed E-state index contributed by atoms with van der Waals surface area (Å²) in [4.78, 5) is 11.0. The zero-order valence-electron chi connectivity index (χ0n) is 8.16. The van der Waals surface area contributed by atoms with Gasteiger partial charge in [0.25, 0.3) is 0 Å². The fraction of sp³-hybridized carbons (Fsp3) is 0.222. The molecule has 16 heavy (non-hydrogen) atoms. The van der Waals surface area contributed by atoms with Crippen molar-refractivity contribution in [2.24, 2.45) is 5.73 Å². The van der Waals surface area contributed by atoms with Crippen molar-refractivity contribution in [2.45, 2.75) is 16.3 Å². The number of halogens is 1. The van der Waals surface area contributed by atoms with Crippen molar-refractivity contribution in [2.75, 3.05) is 0 Å². The van der Waals surface area contributed by atoms with E-state index in [1.54, 1.807) is 18.2 Å². The van der Waals surface area contributed by atoms with Crippen molar-refractivity contribution in [1.82, 2.24) is 5.32 Å². The van der Waals surface area contributed by atoms with E-state index in [4.69, 9.17) is 5.73 Å². The summed E-state index contributed by atoms with van der Waals surface area (Å²) in [6, 6.07) is 6.96. The Bertz CT molecular complexity index is 489. The number of nitrogens with two attached hydrogens (primary N) is 1. The lowest BCUT2D eigenvalue weighted by Crippen LogP contribution is -2.69. The zero-order valence-corrected chi connectivity index (χ0v) is 9.79. The Labute approximate surface area is 99.4 Å². The van der Waals surface area contributed by atoms with E-state index < -0.39 is 27.2 Å². The molecule has 3 N–H and O–H groups in total. The van der Waals surface area contributed by atoms with Gasteiger partial charge in [0.2, 0.25) is 15.7 Å². The van der Waals surface area contributed by atoms with Gasteiger partial charge < -0.3 is 11.1 Å². The molecule has 7 heteroatoms. The van der Waals surface area contributed by atoms with Crippen molar-refractivity contribution in [1.29, 1.82) is 0 Å². The molecule has 1 aliphatic rings. The zero-order chi connectivity index (χ0) is 11.1. The number of rotatable bonds is 2. The number of benzene rings is 1. The summed E-state index contributed by atoms with van der Waals surface area (Å²) in [6.45, 7) is 0. The minimum Gasteiger partial charge on any atom is -0.336 e. The van der Waals surface area contributed by atoms with Crippen molar-refractivity contribution in [3.05, 3.63) is 30.3 Å². The Morgan fingerprint density at radius 1 is 1.19 bits per heavy atom. The predicted molar refractivity (Wildman–Crippen MR) is 60.8 cm³/mol. The van der Waals surface area contributed by atoms with Crippen LogP contribution in [-0.2, 0) is 14.6 Å². The number of nitrogens with one attached hydrogen (secondary N) is 1. The van der Waals surface area contributed by atoms with Crippen LogP contribution in [0.25, 0.3) is 0 Å². The van der Waals surface area contributed by atoms with Gasteiger partial charge in [-0.05, 0) is 12.1 Å². The molecule has 1 aliphatic heterocycles. The largest absolute Gasteiger partial charge is 0.336 e. The van der Waals surface area contributed by atoms with Crippen molar-refractivity contribution in [3.63, 3.8) is 0 Å². The summed E-state index contributed by atoms with van der Waals surface area (Å²) in [5, 5.41) is 1.29. The van der Waals surface area contributed by atoms with Crippen molar-refractivity contribution in [3.8, 4) is 0 Å². The maximum atomic E-state index is 11.9. The van der Waals surface area contributed by atoms with Gasteiger partial charge in [-0.25, -0.2) is 8.42 Å². The maximum absolute atomic E-state index is 11.9. The molecule has 0 aromatic heterocycles. The molecule has 5 nitrogen and oxygen atoms in total. The van der Waals surface area contributed by atoms with Gasteiger partial charge in [-0.15, -0.1) is 12.4 Å². The average molecular weight is 263 g/mol. The van der Waals surface area contributed by atoms with Gasteiger partial charge >= 0.3 is 0 Å². The molecule has 1 heterocycles. The molecule has 1 saturated heterocycles. The Morgan fingerprint density at radius 2 is 1.75 bits per heavy atom. The molecule has 2 rings (SSSR count). The molecule has 1 amide bonds. The van der Waals surface area contributed by atoms with Crippen LogP contribution in [0.4, 0.5) is 0 Å². The second-order valence-electron chi connectivity index (χ2n) is 3.31. The van der Waals surface area contributed by atoms with Gasteiger partial charge in [-0.3, -0.25) is 4.79 Å². The first-order valence-corrected chi connectivity index (χ1v) is 5.93. The number of β-lactam (4-membered cyclic amide) rings is 1. The third-order valence-electron chi connectivity index (χ3n) is 2.32. The average Bonchev–Trinajstić information content (AvgIpc) is 2.26. The van der Waals surface area contributed by atoms with Gasteiger partial charge in [-0.2, -0.15) is 0 Å². The van der Waals surface area contributed by atoms with E-state index in [2.05, 4.69) is 5.32 Å².